The Kier molecular flexibility index (Phi) is 6.45. The van der Waals surface area contributed by atoms with Gasteiger partial charge < -0.3 is 4.74 Å². The minimum Gasteiger partial charge on any atom is -0.451 e. The third-order valence-electron chi connectivity index (χ3n) is 0.910. The van der Waals surface area contributed by atoms with Crippen LogP contribution in [0.1, 0.15) is 0 Å². The Labute approximate surface area is 71.8 Å². The lowest BCUT2D eigenvalue weighted by Gasteiger charge is -1.84. The second-order valence-corrected chi connectivity index (χ2v) is 1.75. The Morgan fingerprint density at radius 3 is 2.58 bits per heavy atom. The number of methoxy groups -OCH3 is 1. The molecule has 3 nitrogen and oxygen atoms in total. The van der Waals surface area contributed by atoms with Crippen LogP contribution >= 0.6 is 0 Å². The Bertz CT molecular complexity index is 227. The monoisotopic (exact) mass is 165 g/mol. The van der Waals surface area contributed by atoms with E-state index >= 15 is 0 Å². The molecule has 0 aliphatic carbocycles. The van der Waals surface area contributed by atoms with E-state index in [-0.39, 0.29) is 0 Å². The predicted molar refractivity (Wildman–Crippen MR) is 49.4 cm³/mol. The van der Waals surface area contributed by atoms with E-state index in [1.165, 1.54) is 13.3 Å². The van der Waals surface area contributed by atoms with Gasteiger partial charge in [-0.2, -0.15) is 4.99 Å². The van der Waals surface area contributed by atoms with Crippen molar-refractivity contribution in [3.05, 3.63) is 37.0 Å². The summed E-state index contributed by atoms with van der Waals surface area (Å²) in [4.78, 5) is 13.8. The summed E-state index contributed by atoms with van der Waals surface area (Å²) >= 11 is 0. The van der Waals surface area contributed by atoms with Crippen molar-refractivity contribution in [3.8, 4) is 0 Å². The molecule has 0 aliphatic heterocycles. The molecule has 0 spiro atoms. The van der Waals surface area contributed by atoms with Crippen LogP contribution in [0.15, 0.2) is 42.0 Å². The maximum atomic E-state index is 10.4. The zero-order valence-corrected chi connectivity index (χ0v) is 6.93. The van der Waals surface area contributed by atoms with Crippen molar-refractivity contribution >= 4 is 12.3 Å². The van der Waals surface area contributed by atoms with E-state index in [1.54, 1.807) is 30.4 Å². The Hall–Kier alpha value is -1.64. The first-order chi connectivity index (χ1) is 5.81. The van der Waals surface area contributed by atoms with Crippen LogP contribution in [0, 0.1) is 0 Å². The van der Waals surface area contributed by atoms with Crippen molar-refractivity contribution in [2.45, 2.75) is 0 Å². The smallest absolute Gasteiger partial charge is 0.433 e. The van der Waals surface area contributed by atoms with Gasteiger partial charge in [0.2, 0.25) is 0 Å². The zero-order chi connectivity index (χ0) is 9.23. The molecule has 0 fully saturated rings. The highest BCUT2D eigenvalue weighted by Gasteiger charge is 1.87. The Morgan fingerprint density at radius 2 is 2.00 bits per heavy atom. The van der Waals surface area contributed by atoms with Gasteiger partial charge in [-0.1, -0.05) is 30.9 Å². The van der Waals surface area contributed by atoms with Gasteiger partial charge in [-0.05, 0) is 6.08 Å². The van der Waals surface area contributed by atoms with E-state index in [0.29, 0.717) is 0 Å². The highest BCUT2D eigenvalue weighted by Crippen LogP contribution is 1.79. The van der Waals surface area contributed by atoms with Crippen molar-refractivity contribution in [3.63, 3.8) is 0 Å². The number of carbonyl (C=O) groups is 1. The molecule has 0 N–H and O–H groups in total. The van der Waals surface area contributed by atoms with Gasteiger partial charge in [0.15, 0.2) is 0 Å². The number of aliphatic imine (C=N–C) groups is 1. The summed E-state index contributed by atoms with van der Waals surface area (Å²) in [6.45, 7) is 3.49. The molecular formula is C9H11NO2. The molecule has 12 heavy (non-hydrogen) atoms. The van der Waals surface area contributed by atoms with Gasteiger partial charge in [-0.3, -0.25) is 0 Å². The van der Waals surface area contributed by atoms with Crippen molar-refractivity contribution in [2.75, 3.05) is 7.11 Å². The molecule has 0 aromatic rings. The first kappa shape index (κ1) is 10.4. The minimum absolute atomic E-state index is 0.604. The van der Waals surface area contributed by atoms with Gasteiger partial charge in [0.25, 0.3) is 0 Å². The van der Waals surface area contributed by atoms with E-state index in [2.05, 4.69) is 16.3 Å². The lowest BCUT2D eigenvalue weighted by molar-refractivity contribution is 0.183. The lowest BCUT2D eigenvalue weighted by atomic mass is 10.4. The fourth-order valence-corrected chi connectivity index (χ4v) is 0.413. The summed E-state index contributed by atoms with van der Waals surface area (Å²) < 4.78 is 4.27. The highest BCUT2D eigenvalue weighted by atomic mass is 16.5. The molecule has 0 aromatic heterocycles. The molecule has 0 rings (SSSR count). The van der Waals surface area contributed by atoms with Crippen LogP contribution in [0.4, 0.5) is 4.79 Å². The molecule has 0 unspecified atom stereocenters. The summed E-state index contributed by atoms with van der Waals surface area (Å²) in [6, 6.07) is 0. The first-order valence-electron chi connectivity index (χ1n) is 3.37. The average Bonchev–Trinajstić information content (AvgIpc) is 2.10. The molecule has 1 amide bonds. The number of rotatable bonds is 3. The van der Waals surface area contributed by atoms with Gasteiger partial charge >= 0.3 is 6.09 Å². The molecule has 0 aliphatic rings. The van der Waals surface area contributed by atoms with Crippen LogP contribution < -0.4 is 0 Å². The third kappa shape index (κ3) is 6.48. The zero-order valence-electron chi connectivity index (χ0n) is 6.93. The molecule has 0 radical (unpaired) electrons. The SMILES string of the molecule is C=C\C=C/C=C\C=N\C(=O)OC. The third-order valence-corrected chi connectivity index (χ3v) is 0.910. The normalized spacial score (nSPS) is 11.4. The summed E-state index contributed by atoms with van der Waals surface area (Å²) in [5, 5.41) is 0. The molecule has 0 heterocycles. The molecular weight excluding hydrogens is 154 g/mol. The summed E-state index contributed by atoms with van der Waals surface area (Å²) in [7, 11) is 1.28. The van der Waals surface area contributed by atoms with E-state index in [4.69, 9.17) is 0 Å². The van der Waals surface area contributed by atoms with Crippen molar-refractivity contribution in [1.29, 1.82) is 0 Å². The van der Waals surface area contributed by atoms with Gasteiger partial charge in [0, 0.05) is 6.21 Å². The van der Waals surface area contributed by atoms with Gasteiger partial charge in [-0.25, -0.2) is 4.79 Å². The lowest BCUT2D eigenvalue weighted by Crippen LogP contribution is -1.91. The van der Waals surface area contributed by atoms with Gasteiger partial charge in [0.1, 0.15) is 0 Å². The molecule has 0 saturated heterocycles. The van der Waals surface area contributed by atoms with Gasteiger partial charge in [-0.15, -0.1) is 0 Å². The van der Waals surface area contributed by atoms with Crippen molar-refractivity contribution in [2.24, 2.45) is 4.99 Å². The second-order valence-electron chi connectivity index (χ2n) is 1.75. The van der Waals surface area contributed by atoms with Crippen LogP contribution in [-0.4, -0.2) is 19.4 Å². The predicted octanol–water partition coefficient (Wildman–Crippen LogP) is 2.12. The maximum absolute atomic E-state index is 10.4. The Balaban J connectivity index is 3.73. The van der Waals surface area contributed by atoms with Crippen molar-refractivity contribution in [1.82, 2.24) is 0 Å². The van der Waals surface area contributed by atoms with E-state index < -0.39 is 6.09 Å². The highest BCUT2D eigenvalue weighted by molar-refractivity contribution is 5.84. The number of nitrogens with zero attached hydrogens (tertiary/aromatic N) is 1. The van der Waals surface area contributed by atoms with Crippen LogP contribution in [-0.2, 0) is 4.74 Å². The standard InChI is InChI=1S/C9H11NO2/c1-3-4-5-6-7-8-10-9(11)12-2/h3-8H,1H2,2H3/b5-4-,7-6-,10-8+. The molecule has 3 heteroatoms. The molecule has 0 atom stereocenters. The summed E-state index contributed by atoms with van der Waals surface area (Å²) in [5.41, 5.74) is 0. The van der Waals surface area contributed by atoms with E-state index in [0.717, 1.165) is 0 Å². The molecule has 0 saturated carbocycles. The second kappa shape index (κ2) is 7.47. The number of amides is 1. The van der Waals surface area contributed by atoms with Crippen LogP contribution in [0.3, 0.4) is 0 Å². The van der Waals surface area contributed by atoms with Crippen LogP contribution in [0.25, 0.3) is 0 Å². The quantitative estimate of drug-likeness (QED) is 0.474. The first-order valence-corrected chi connectivity index (χ1v) is 3.37. The largest absolute Gasteiger partial charge is 0.451 e. The average molecular weight is 165 g/mol. The van der Waals surface area contributed by atoms with Gasteiger partial charge in [0.05, 0.1) is 7.11 Å². The maximum Gasteiger partial charge on any atom is 0.433 e. The summed E-state index contributed by atoms with van der Waals surface area (Å²) in [6.07, 6.45) is 9.30. The number of carbonyl (C=O) groups excluding carboxylic acids is 1. The number of allylic oxidation sites excluding steroid dienone is 5. The number of hydrogen-bond acceptors (Lipinski definition) is 2. The van der Waals surface area contributed by atoms with Crippen LogP contribution in [0.5, 0.6) is 0 Å². The van der Waals surface area contributed by atoms with E-state index in [9.17, 15) is 4.79 Å². The fraction of sp³-hybridized carbons (Fsp3) is 0.111. The minimum atomic E-state index is -0.604. The van der Waals surface area contributed by atoms with E-state index in [1.807, 2.05) is 0 Å². The fourth-order valence-electron chi connectivity index (χ4n) is 0.413. The number of ether oxygens (including phenoxy) is 1. The van der Waals surface area contributed by atoms with Crippen LogP contribution in [0.2, 0.25) is 0 Å². The Morgan fingerprint density at radius 1 is 1.33 bits per heavy atom. The molecule has 0 aromatic carbocycles. The molecule has 64 valence electrons. The van der Waals surface area contributed by atoms with Crippen molar-refractivity contribution < 1.29 is 9.53 Å². The summed E-state index contributed by atoms with van der Waals surface area (Å²) in [5.74, 6) is 0. The molecule has 0 bridgehead atoms. The number of hydrogen-bond donors (Lipinski definition) is 0. The topological polar surface area (TPSA) is 38.7 Å².